The predicted octanol–water partition coefficient (Wildman–Crippen LogP) is 0.717. The summed E-state index contributed by atoms with van der Waals surface area (Å²) >= 11 is 1.72. The Morgan fingerprint density at radius 2 is 2.40 bits per heavy atom. The predicted molar refractivity (Wildman–Crippen MR) is 59.3 cm³/mol. The lowest BCUT2D eigenvalue weighted by Crippen LogP contribution is -2.18. The minimum absolute atomic E-state index is 0.00139. The molecule has 15 heavy (non-hydrogen) atoms. The van der Waals surface area contributed by atoms with E-state index in [1.165, 1.54) is 0 Å². The van der Waals surface area contributed by atoms with Crippen LogP contribution in [-0.2, 0) is 0 Å². The van der Waals surface area contributed by atoms with Gasteiger partial charge in [-0.05, 0) is 12.1 Å². The van der Waals surface area contributed by atoms with Crippen molar-refractivity contribution < 1.29 is 9.63 Å². The van der Waals surface area contributed by atoms with Gasteiger partial charge in [0, 0.05) is 25.1 Å². The zero-order valence-corrected chi connectivity index (χ0v) is 9.70. The van der Waals surface area contributed by atoms with Crippen LogP contribution in [0.2, 0.25) is 0 Å². The highest BCUT2D eigenvalue weighted by atomic mass is 32.2. The molecule has 0 amide bonds. The average molecular weight is 229 g/mol. The molecular weight excluding hydrogens is 214 g/mol. The molecule has 0 aromatic carbocycles. The molecule has 1 aliphatic heterocycles. The molecule has 2 atom stereocenters. The lowest BCUT2D eigenvalue weighted by atomic mass is 10.1. The highest BCUT2D eigenvalue weighted by Gasteiger charge is 2.32. The zero-order chi connectivity index (χ0) is 10.8. The van der Waals surface area contributed by atoms with Gasteiger partial charge in [-0.2, -0.15) is 16.7 Å². The molecule has 1 aromatic rings. The second-order valence-corrected chi connectivity index (χ2v) is 4.73. The number of aliphatic hydroxyl groups excluding tert-OH is 1. The van der Waals surface area contributed by atoms with Crippen LogP contribution in [-0.4, -0.2) is 46.4 Å². The second kappa shape index (κ2) is 4.40. The second-order valence-electron chi connectivity index (χ2n) is 3.66. The summed E-state index contributed by atoms with van der Waals surface area (Å²) in [4.78, 5) is 6.19. The van der Waals surface area contributed by atoms with Crippen molar-refractivity contribution >= 4 is 17.7 Å². The summed E-state index contributed by atoms with van der Waals surface area (Å²) in [6.45, 7) is 2.86. The molecule has 5 nitrogen and oxygen atoms in total. The molecule has 1 aliphatic rings. The maximum absolute atomic E-state index is 9.69. The van der Waals surface area contributed by atoms with Crippen LogP contribution in [0.5, 0.6) is 0 Å². The van der Waals surface area contributed by atoms with Crippen LogP contribution >= 0.6 is 11.8 Å². The number of hydrogen-bond donors (Lipinski definition) is 1. The monoisotopic (exact) mass is 229 g/mol. The molecule has 2 unspecified atom stereocenters. The largest absolute Gasteiger partial charge is 0.391 e. The van der Waals surface area contributed by atoms with E-state index < -0.39 is 0 Å². The van der Waals surface area contributed by atoms with E-state index in [0.717, 1.165) is 18.1 Å². The van der Waals surface area contributed by atoms with Gasteiger partial charge in [-0.15, -0.1) is 0 Å². The summed E-state index contributed by atoms with van der Waals surface area (Å²) in [5, 5.41) is 13.6. The number of hydrogen-bond acceptors (Lipinski definition) is 6. The van der Waals surface area contributed by atoms with E-state index in [-0.39, 0.29) is 12.0 Å². The van der Waals surface area contributed by atoms with Crippen LogP contribution in [0.4, 0.5) is 5.95 Å². The van der Waals surface area contributed by atoms with Gasteiger partial charge < -0.3 is 14.5 Å². The molecular formula is C9H15N3O2S. The van der Waals surface area contributed by atoms with Gasteiger partial charge in [0.05, 0.1) is 12.0 Å². The van der Waals surface area contributed by atoms with Gasteiger partial charge in [0.1, 0.15) is 0 Å². The molecule has 1 aromatic heterocycles. The third-order valence-corrected chi connectivity index (χ3v) is 3.79. The maximum atomic E-state index is 9.69. The zero-order valence-electron chi connectivity index (χ0n) is 8.88. The standard InChI is InChI=1S/C9H15N3O2S/c1-3-12(2)9-10-8(14-11-9)6-4-15-5-7(6)13/h6-7,13H,3-5H2,1-2H3. The summed E-state index contributed by atoms with van der Waals surface area (Å²) < 4.78 is 5.17. The van der Waals surface area contributed by atoms with Crippen LogP contribution in [0.3, 0.4) is 0 Å². The molecule has 2 rings (SSSR count). The topological polar surface area (TPSA) is 62.4 Å². The van der Waals surface area contributed by atoms with Gasteiger partial charge in [-0.3, -0.25) is 0 Å². The van der Waals surface area contributed by atoms with Gasteiger partial charge in [-0.25, -0.2) is 0 Å². The number of aliphatic hydroxyl groups is 1. The van der Waals surface area contributed by atoms with Crippen molar-refractivity contribution in [3.8, 4) is 0 Å². The third kappa shape index (κ3) is 2.10. The maximum Gasteiger partial charge on any atom is 0.265 e. The molecule has 1 fully saturated rings. The lowest BCUT2D eigenvalue weighted by Gasteiger charge is -2.09. The number of rotatable bonds is 3. The van der Waals surface area contributed by atoms with Crippen molar-refractivity contribution in [1.82, 2.24) is 10.1 Å². The SMILES string of the molecule is CCN(C)c1noc(C2CSCC2O)n1. The fourth-order valence-electron chi connectivity index (χ4n) is 1.45. The van der Waals surface area contributed by atoms with Crippen LogP contribution in [0.25, 0.3) is 0 Å². The first-order valence-electron chi connectivity index (χ1n) is 5.03. The van der Waals surface area contributed by atoms with Gasteiger partial charge in [0.2, 0.25) is 5.89 Å². The van der Waals surface area contributed by atoms with Gasteiger partial charge in [0.25, 0.3) is 5.95 Å². The Hall–Kier alpha value is -0.750. The Morgan fingerprint density at radius 3 is 3.00 bits per heavy atom. The minimum atomic E-state index is -0.352. The Bertz CT molecular complexity index is 331. The van der Waals surface area contributed by atoms with Crippen molar-refractivity contribution in [2.45, 2.75) is 18.9 Å². The molecule has 6 heteroatoms. The lowest BCUT2D eigenvalue weighted by molar-refractivity contribution is 0.164. The Balaban J connectivity index is 2.12. The molecule has 0 aliphatic carbocycles. The quantitative estimate of drug-likeness (QED) is 0.824. The first kappa shape index (κ1) is 10.8. The molecule has 0 spiro atoms. The van der Waals surface area contributed by atoms with Crippen LogP contribution in [0, 0.1) is 0 Å². The number of anilines is 1. The van der Waals surface area contributed by atoms with E-state index in [1.807, 2.05) is 18.9 Å². The normalized spacial score (nSPS) is 25.8. The van der Waals surface area contributed by atoms with Gasteiger partial charge in [-0.1, -0.05) is 0 Å². The van der Waals surface area contributed by atoms with Crippen molar-refractivity contribution in [2.24, 2.45) is 0 Å². The molecule has 2 heterocycles. The third-order valence-electron chi connectivity index (χ3n) is 2.61. The van der Waals surface area contributed by atoms with E-state index in [4.69, 9.17) is 4.52 Å². The Labute approximate surface area is 92.8 Å². The van der Waals surface area contributed by atoms with Crippen LogP contribution in [0.15, 0.2) is 4.52 Å². The Kier molecular flexibility index (Phi) is 3.16. The molecule has 84 valence electrons. The summed E-state index contributed by atoms with van der Waals surface area (Å²) in [6, 6.07) is 0. The molecule has 1 saturated heterocycles. The molecule has 1 N–H and O–H groups in total. The van der Waals surface area contributed by atoms with E-state index >= 15 is 0 Å². The minimum Gasteiger partial charge on any atom is -0.391 e. The highest BCUT2D eigenvalue weighted by molar-refractivity contribution is 7.99. The van der Waals surface area contributed by atoms with E-state index in [2.05, 4.69) is 10.1 Å². The summed E-state index contributed by atoms with van der Waals surface area (Å²) in [7, 11) is 1.91. The van der Waals surface area contributed by atoms with Crippen molar-refractivity contribution in [3.05, 3.63) is 5.89 Å². The van der Waals surface area contributed by atoms with Crippen molar-refractivity contribution in [2.75, 3.05) is 30.0 Å². The average Bonchev–Trinajstić information content (AvgIpc) is 2.84. The number of aromatic nitrogens is 2. The first-order chi connectivity index (χ1) is 7.22. The molecule has 0 saturated carbocycles. The highest BCUT2D eigenvalue weighted by Crippen LogP contribution is 2.32. The van der Waals surface area contributed by atoms with E-state index in [0.29, 0.717) is 11.8 Å². The summed E-state index contributed by atoms with van der Waals surface area (Å²) in [6.07, 6.45) is -0.352. The fraction of sp³-hybridized carbons (Fsp3) is 0.778. The number of nitrogens with zero attached hydrogens (tertiary/aromatic N) is 3. The van der Waals surface area contributed by atoms with Crippen molar-refractivity contribution in [1.29, 1.82) is 0 Å². The van der Waals surface area contributed by atoms with E-state index in [9.17, 15) is 5.11 Å². The van der Waals surface area contributed by atoms with Gasteiger partial charge in [0.15, 0.2) is 0 Å². The van der Waals surface area contributed by atoms with Crippen LogP contribution < -0.4 is 4.90 Å². The van der Waals surface area contributed by atoms with E-state index in [1.54, 1.807) is 11.8 Å². The van der Waals surface area contributed by atoms with Crippen LogP contribution in [0.1, 0.15) is 18.7 Å². The summed E-state index contributed by atoms with van der Waals surface area (Å²) in [5.41, 5.74) is 0. The van der Waals surface area contributed by atoms with Gasteiger partial charge >= 0.3 is 0 Å². The molecule has 0 radical (unpaired) electrons. The molecule has 0 bridgehead atoms. The summed E-state index contributed by atoms with van der Waals surface area (Å²) in [5.74, 6) is 2.77. The fourth-order valence-corrected chi connectivity index (χ4v) is 2.68. The smallest absolute Gasteiger partial charge is 0.265 e. The van der Waals surface area contributed by atoms with Crippen molar-refractivity contribution in [3.63, 3.8) is 0 Å². The number of thioether (sulfide) groups is 1. The Morgan fingerprint density at radius 1 is 1.60 bits per heavy atom. The first-order valence-corrected chi connectivity index (χ1v) is 6.18.